The van der Waals surface area contributed by atoms with Crippen LogP contribution in [0.15, 0.2) is 47.4 Å². The predicted molar refractivity (Wildman–Crippen MR) is 74.2 cm³/mol. The molecule has 0 saturated heterocycles. The first-order valence-electron chi connectivity index (χ1n) is 5.84. The average Bonchev–Trinajstić information content (AvgIpc) is 2.46. The van der Waals surface area contributed by atoms with Crippen molar-refractivity contribution in [1.29, 1.82) is 5.26 Å². The van der Waals surface area contributed by atoms with E-state index in [0.717, 1.165) is 6.07 Å². The molecule has 20 heavy (non-hydrogen) atoms. The maximum Gasteiger partial charge on any atom is 0.124 e. The van der Waals surface area contributed by atoms with E-state index in [1.54, 1.807) is 30.3 Å². The molecule has 0 fully saturated rings. The summed E-state index contributed by atoms with van der Waals surface area (Å²) < 4.78 is 30.6. The smallest absolute Gasteiger partial charge is 0.124 e. The third kappa shape index (κ3) is 3.43. The molecule has 0 bridgehead atoms. The summed E-state index contributed by atoms with van der Waals surface area (Å²) in [7, 11) is 0.215. The van der Waals surface area contributed by atoms with Crippen molar-refractivity contribution >= 4 is 10.8 Å². The quantitative estimate of drug-likeness (QED) is 0.869. The van der Waals surface area contributed by atoms with E-state index in [1.165, 1.54) is 13.2 Å². The van der Waals surface area contributed by atoms with Gasteiger partial charge in [-0.05, 0) is 42.0 Å². The zero-order valence-electron chi connectivity index (χ0n) is 10.8. The van der Waals surface area contributed by atoms with Gasteiger partial charge in [0.25, 0.3) is 0 Å². The first-order valence-corrected chi connectivity index (χ1v) is 7.16. The largest absolute Gasteiger partial charge is 0.497 e. The van der Waals surface area contributed by atoms with Crippen molar-refractivity contribution < 1.29 is 13.3 Å². The van der Waals surface area contributed by atoms with Crippen LogP contribution in [0.1, 0.15) is 11.1 Å². The standard InChI is InChI=1S/C15H12FNO2S/c1-19-14-3-2-4-15(8-14)20(18)10-12-5-11(9-17)6-13(16)7-12/h2-8H,10H2,1H3. The molecule has 0 saturated carbocycles. The van der Waals surface area contributed by atoms with Gasteiger partial charge >= 0.3 is 0 Å². The van der Waals surface area contributed by atoms with E-state index in [9.17, 15) is 8.60 Å². The Hall–Kier alpha value is -2.19. The molecule has 0 N–H and O–H groups in total. The number of benzene rings is 2. The second-order valence-corrected chi connectivity index (χ2v) is 5.58. The summed E-state index contributed by atoms with van der Waals surface area (Å²) in [6.45, 7) is 0. The molecule has 1 unspecified atom stereocenters. The van der Waals surface area contributed by atoms with Crippen LogP contribution < -0.4 is 4.74 Å². The first kappa shape index (κ1) is 14.2. The molecule has 0 aliphatic rings. The predicted octanol–water partition coefficient (Wildman–Crippen LogP) is 3.01. The fraction of sp³-hybridized carbons (Fsp3) is 0.133. The summed E-state index contributed by atoms with van der Waals surface area (Å²) in [4.78, 5) is 0.604. The van der Waals surface area contributed by atoms with Gasteiger partial charge in [-0.2, -0.15) is 5.26 Å². The molecule has 2 aromatic carbocycles. The number of hydrogen-bond donors (Lipinski definition) is 0. The lowest BCUT2D eigenvalue weighted by Crippen LogP contribution is -1.98. The van der Waals surface area contributed by atoms with Gasteiger partial charge in [-0.3, -0.25) is 4.21 Å². The second kappa shape index (κ2) is 6.31. The van der Waals surface area contributed by atoms with Crippen LogP contribution in [0.3, 0.4) is 0 Å². The summed E-state index contributed by atoms with van der Waals surface area (Å²) in [5.41, 5.74) is 0.755. The van der Waals surface area contributed by atoms with Crippen molar-refractivity contribution in [3.8, 4) is 11.8 Å². The van der Waals surface area contributed by atoms with E-state index in [1.807, 2.05) is 6.07 Å². The fourth-order valence-electron chi connectivity index (χ4n) is 1.78. The van der Waals surface area contributed by atoms with E-state index >= 15 is 0 Å². The highest BCUT2D eigenvalue weighted by molar-refractivity contribution is 7.84. The van der Waals surface area contributed by atoms with Gasteiger partial charge in [0.2, 0.25) is 0 Å². The summed E-state index contributed by atoms with van der Waals surface area (Å²) in [5, 5.41) is 8.80. The van der Waals surface area contributed by atoms with Crippen LogP contribution in [-0.4, -0.2) is 11.3 Å². The average molecular weight is 289 g/mol. The van der Waals surface area contributed by atoms with Gasteiger partial charge in [-0.25, -0.2) is 4.39 Å². The van der Waals surface area contributed by atoms with Gasteiger partial charge in [0, 0.05) is 4.90 Å². The van der Waals surface area contributed by atoms with Crippen molar-refractivity contribution in [1.82, 2.24) is 0 Å². The second-order valence-electron chi connectivity index (χ2n) is 4.13. The van der Waals surface area contributed by atoms with Gasteiger partial charge < -0.3 is 4.74 Å². The molecule has 0 aliphatic heterocycles. The van der Waals surface area contributed by atoms with Crippen molar-refractivity contribution in [3.63, 3.8) is 0 Å². The van der Waals surface area contributed by atoms with Crippen molar-refractivity contribution in [2.24, 2.45) is 0 Å². The van der Waals surface area contributed by atoms with Crippen LogP contribution in [0, 0.1) is 17.1 Å². The lowest BCUT2D eigenvalue weighted by molar-refractivity contribution is 0.413. The van der Waals surface area contributed by atoms with Crippen molar-refractivity contribution in [2.75, 3.05) is 7.11 Å². The third-order valence-corrected chi connectivity index (χ3v) is 4.06. The highest BCUT2D eigenvalue weighted by Crippen LogP contribution is 2.19. The molecule has 0 aromatic heterocycles. The molecule has 0 radical (unpaired) electrons. The molecule has 2 aromatic rings. The Kier molecular flexibility index (Phi) is 4.49. The number of nitrogens with zero attached hydrogens (tertiary/aromatic N) is 1. The Morgan fingerprint density at radius 1 is 1.30 bits per heavy atom. The zero-order valence-corrected chi connectivity index (χ0v) is 11.6. The monoisotopic (exact) mass is 289 g/mol. The Labute approximate surface area is 119 Å². The highest BCUT2D eigenvalue weighted by atomic mass is 32.2. The van der Waals surface area contributed by atoms with Crippen molar-refractivity contribution in [3.05, 3.63) is 59.4 Å². The number of halogens is 1. The van der Waals surface area contributed by atoms with Gasteiger partial charge in [-0.15, -0.1) is 0 Å². The molecule has 1 atom stereocenters. The normalized spacial score (nSPS) is 11.7. The van der Waals surface area contributed by atoms with Crippen LogP contribution in [0.4, 0.5) is 4.39 Å². The third-order valence-electron chi connectivity index (χ3n) is 2.69. The Morgan fingerprint density at radius 3 is 2.80 bits per heavy atom. The van der Waals surface area contributed by atoms with E-state index in [4.69, 9.17) is 10.00 Å². The SMILES string of the molecule is COc1cccc(S(=O)Cc2cc(F)cc(C#N)c2)c1. The molecule has 0 spiro atoms. The first-order chi connectivity index (χ1) is 9.62. The van der Waals surface area contributed by atoms with Gasteiger partial charge in [-0.1, -0.05) is 6.07 Å². The van der Waals surface area contributed by atoms with E-state index in [2.05, 4.69) is 0 Å². The lowest BCUT2D eigenvalue weighted by Gasteiger charge is -2.05. The van der Waals surface area contributed by atoms with E-state index < -0.39 is 16.6 Å². The minimum atomic E-state index is -1.32. The van der Waals surface area contributed by atoms with Crippen LogP contribution in [0.5, 0.6) is 5.75 Å². The molecular formula is C15H12FNO2S. The lowest BCUT2D eigenvalue weighted by atomic mass is 10.1. The minimum absolute atomic E-state index is 0.152. The van der Waals surface area contributed by atoms with Crippen LogP contribution >= 0.6 is 0 Å². The van der Waals surface area contributed by atoms with Crippen LogP contribution in [0.25, 0.3) is 0 Å². The summed E-state index contributed by atoms with van der Waals surface area (Å²) in [6, 6.07) is 12.8. The van der Waals surface area contributed by atoms with Gasteiger partial charge in [0.05, 0.1) is 35.3 Å². The number of methoxy groups -OCH3 is 1. The topological polar surface area (TPSA) is 50.1 Å². The van der Waals surface area contributed by atoms with E-state index in [0.29, 0.717) is 16.2 Å². The molecule has 5 heteroatoms. The Bertz CT molecular complexity index is 695. The summed E-state index contributed by atoms with van der Waals surface area (Å²) in [5.74, 6) is 0.272. The summed E-state index contributed by atoms with van der Waals surface area (Å²) >= 11 is 0. The van der Waals surface area contributed by atoms with Gasteiger partial charge in [0.1, 0.15) is 11.6 Å². The zero-order chi connectivity index (χ0) is 14.5. The van der Waals surface area contributed by atoms with Crippen molar-refractivity contribution in [2.45, 2.75) is 10.6 Å². The molecule has 102 valence electrons. The number of hydrogen-bond acceptors (Lipinski definition) is 3. The molecule has 2 rings (SSSR count). The maximum atomic E-state index is 13.3. The summed E-state index contributed by atoms with van der Waals surface area (Å²) in [6.07, 6.45) is 0. The molecule has 0 amide bonds. The molecule has 0 aliphatic carbocycles. The molecular weight excluding hydrogens is 277 g/mol. The molecule has 3 nitrogen and oxygen atoms in total. The van der Waals surface area contributed by atoms with E-state index in [-0.39, 0.29) is 11.3 Å². The number of nitriles is 1. The maximum absolute atomic E-state index is 13.3. The highest BCUT2D eigenvalue weighted by Gasteiger charge is 2.08. The molecule has 0 heterocycles. The number of rotatable bonds is 4. The van der Waals surface area contributed by atoms with Gasteiger partial charge in [0.15, 0.2) is 0 Å². The Balaban J connectivity index is 2.23. The minimum Gasteiger partial charge on any atom is -0.497 e. The Morgan fingerprint density at radius 2 is 2.10 bits per heavy atom. The fourth-order valence-corrected chi connectivity index (χ4v) is 2.89. The van der Waals surface area contributed by atoms with Crippen LogP contribution in [0.2, 0.25) is 0 Å². The van der Waals surface area contributed by atoms with Crippen LogP contribution in [-0.2, 0) is 16.6 Å². The number of ether oxygens (including phenoxy) is 1.